The summed E-state index contributed by atoms with van der Waals surface area (Å²) in [6.45, 7) is 4.46. The van der Waals surface area contributed by atoms with E-state index in [1.165, 1.54) is 24.8 Å². The predicted octanol–water partition coefficient (Wildman–Crippen LogP) is 5.13. The van der Waals surface area contributed by atoms with Crippen LogP contribution in [0.25, 0.3) is 11.3 Å². The molecule has 96 valence electrons. The molecule has 1 heterocycles. The molecular formula is C15H19BrN2. The molecule has 1 atom stereocenters. The predicted molar refractivity (Wildman–Crippen MR) is 79.7 cm³/mol. The van der Waals surface area contributed by atoms with E-state index >= 15 is 0 Å². The molecule has 18 heavy (non-hydrogen) atoms. The number of aromatic amines is 1. The van der Waals surface area contributed by atoms with Crippen LogP contribution >= 0.6 is 15.9 Å². The molecule has 1 aromatic heterocycles. The molecule has 0 fully saturated rings. The molecule has 0 aliphatic heterocycles. The fourth-order valence-electron chi connectivity index (χ4n) is 2.01. The second-order valence-corrected chi connectivity index (χ2v) is 5.65. The summed E-state index contributed by atoms with van der Waals surface area (Å²) in [5.74, 6) is 1.61. The van der Waals surface area contributed by atoms with Crippen LogP contribution in [0.2, 0.25) is 0 Å². The molecule has 0 aliphatic carbocycles. The third kappa shape index (κ3) is 3.22. The Morgan fingerprint density at radius 2 is 2.00 bits per heavy atom. The fourth-order valence-corrected chi connectivity index (χ4v) is 2.27. The Hall–Kier alpha value is -1.09. The van der Waals surface area contributed by atoms with Crippen LogP contribution < -0.4 is 0 Å². The molecule has 0 unspecified atom stereocenters. The van der Waals surface area contributed by atoms with E-state index in [0.717, 1.165) is 16.0 Å². The highest BCUT2D eigenvalue weighted by Crippen LogP contribution is 2.24. The van der Waals surface area contributed by atoms with Crippen LogP contribution in [0.15, 0.2) is 34.9 Å². The zero-order chi connectivity index (χ0) is 13.0. The summed E-state index contributed by atoms with van der Waals surface area (Å²) in [6.07, 6.45) is 5.63. The molecule has 0 aliphatic rings. The Labute approximate surface area is 117 Å². The Kier molecular flexibility index (Phi) is 4.59. The summed E-state index contributed by atoms with van der Waals surface area (Å²) in [4.78, 5) is 7.93. The van der Waals surface area contributed by atoms with E-state index < -0.39 is 0 Å². The average Bonchev–Trinajstić information content (AvgIpc) is 2.86. The van der Waals surface area contributed by atoms with Crippen molar-refractivity contribution >= 4 is 15.9 Å². The number of halogens is 1. The van der Waals surface area contributed by atoms with Crippen molar-refractivity contribution in [1.29, 1.82) is 0 Å². The number of imidazole rings is 1. The van der Waals surface area contributed by atoms with Gasteiger partial charge in [0, 0.05) is 10.4 Å². The molecule has 0 saturated carbocycles. The van der Waals surface area contributed by atoms with E-state index in [0.29, 0.717) is 5.92 Å². The van der Waals surface area contributed by atoms with Crippen molar-refractivity contribution in [3.8, 4) is 11.3 Å². The Balaban J connectivity index is 2.12. The third-order valence-electron chi connectivity index (χ3n) is 3.21. The quantitative estimate of drug-likeness (QED) is 0.814. The van der Waals surface area contributed by atoms with E-state index in [1.54, 1.807) is 0 Å². The van der Waals surface area contributed by atoms with Gasteiger partial charge in [-0.1, -0.05) is 54.8 Å². The normalized spacial score (nSPS) is 12.6. The lowest BCUT2D eigenvalue weighted by Gasteiger charge is -2.06. The number of hydrogen-bond donors (Lipinski definition) is 1. The number of aromatic nitrogens is 2. The summed E-state index contributed by atoms with van der Waals surface area (Å²) in [6, 6.07) is 8.29. The largest absolute Gasteiger partial charge is 0.342 e. The van der Waals surface area contributed by atoms with Gasteiger partial charge in [-0.05, 0) is 24.1 Å². The van der Waals surface area contributed by atoms with Gasteiger partial charge in [-0.15, -0.1) is 0 Å². The van der Waals surface area contributed by atoms with Crippen LogP contribution in [0.4, 0.5) is 0 Å². The first-order chi connectivity index (χ1) is 8.70. The first-order valence-corrected chi connectivity index (χ1v) is 7.31. The lowest BCUT2D eigenvalue weighted by Crippen LogP contribution is -1.95. The smallest absolute Gasteiger partial charge is 0.109 e. The Morgan fingerprint density at radius 1 is 1.28 bits per heavy atom. The SMILES string of the molecule is CCCC[C@H](C)c1ncc(-c2ccc(Br)cc2)[nH]1. The summed E-state index contributed by atoms with van der Waals surface area (Å²) in [5, 5.41) is 0. The van der Waals surface area contributed by atoms with E-state index in [2.05, 4.69) is 64.0 Å². The van der Waals surface area contributed by atoms with Crippen molar-refractivity contribution < 1.29 is 0 Å². The molecule has 2 rings (SSSR count). The van der Waals surface area contributed by atoms with Crippen LogP contribution in [-0.4, -0.2) is 9.97 Å². The van der Waals surface area contributed by atoms with Gasteiger partial charge < -0.3 is 4.98 Å². The number of rotatable bonds is 5. The minimum absolute atomic E-state index is 0.508. The fraction of sp³-hybridized carbons (Fsp3) is 0.400. The second-order valence-electron chi connectivity index (χ2n) is 4.73. The van der Waals surface area contributed by atoms with E-state index in [9.17, 15) is 0 Å². The van der Waals surface area contributed by atoms with Gasteiger partial charge in [-0.25, -0.2) is 4.98 Å². The summed E-state index contributed by atoms with van der Waals surface area (Å²) in [5.41, 5.74) is 2.28. The lowest BCUT2D eigenvalue weighted by atomic mass is 10.0. The number of hydrogen-bond acceptors (Lipinski definition) is 1. The van der Waals surface area contributed by atoms with Gasteiger partial charge in [0.25, 0.3) is 0 Å². The molecular weight excluding hydrogens is 288 g/mol. The van der Waals surface area contributed by atoms with Crippen molar-refractivity contribution in [2.45, 2.75) is 39.0 Å². The highest BCUT2D eigenvalue weighted by Gasteiger charge is 2.10. The topological polar surface area (TPSA) is 28.7 Å². The molecule has 2 nitrogen and oxygen atoms in total. The zero-order valence-corrected chi connectivity index (χ0v) is 12.5. The molecule has 0 bridgehead atoms. The minimum Gasteiger partial charge on any atom is -0.342 e. The van der Waals surface area contributed by atoms with Crippen LogP contribution in [0, 0.1) is 0 Å². The maximum absolute atomic E-state index is 4.50. The lowest BCUT2D eigenvalue weighted by molar-refractivity contribution is 0.601. The van der Waals surface area contributed by atoms with Crippen LogP contribution in [0.1, 0.15) is 44.9 Å². The van der Waals surface area contributed by atoms with Crippen molar-refractivity contribution in [2.75, 3.05) is 0 Å². The molecule has 1 N–H and O–H groups in total. The Morgan fingerprint density at radius 3 is 2.67 bits per heavy atom. The zero-order valence-electron chi connectivity index (χ0n) is 10.9. The van der Waals surface area contributed by atoms with Gasteiger partial charge in [0.1, 0.15) is 5.82 Å². The van der Waals surface area contributed by atoms with Crippen LogP contribution in [0.5, 0.6) is 0 Å². The molecule has 1 aromatic carbocycles. The summed E-state index contributed by atoms with van der Waals surface area (Å²) in [7, 11) is 0. The van der Waals surface area contributed by atoms with Gasteiger partial charge in [0.15, 0.2) is 0 Å². The first-order valence-electron chi connectivity index (χ1n) is 6.51. The van der Waals surface area contributed by atoms with Crippen molar-refractivity contribution in [3.05, 3.63) is 40.8 Å². The summed E-state index contributed by atoms with van der Waals surface area (Å²) < 4.78 is 1.10. The average molecular weight is 307 g/mol. The summed E-state index contributed by atoms with van der Waals surface area (Å²) >= 11 is 3.45. The standard InChI is InChI=1S/C15H19BrN2/c1-3-4-5-11(2)15-17-10-14(18-15)12-6-8-13(16)9-7-12/h6-11H,3-5H2,1-2H3,(H,17,18)/t11-/m0/s1. The number of nitrogens with zero attached hydrogens (tertiary/aromatic N) is 1. The third-order valence-corrected chi connectivity index (χ3v) is 3.74. The first kappa shape index (κ1) is 13.3. The van der Waals surface area contributed by atoms with E-state index in [1.807, 2.05) is 6.20 Å². The Bertz CT molecular complexity index is 487. The van der Waals surface area contributed by atoms with Gasteiger partial charge in [-0.2, -0.15) is 0 Å². The van der Waals surface area contributed by atoms with E-state index in [4.69, 9.17) is 0 Å². The van der Waals surface area contributed by atoms with Crippen molar-refractivity contribution in [1.82, 2.24) is 9.97 Å². The molecule has 0 saturated heterocycles. The molecule has 0 radical (unpaired) electrons. The number of benzene rings is 1. The van der Waals surface area contributed by atoms with Crippen molar-refractivity contribution in [2.24, 2.45) is 0 Å². The van der Waals surface area contributed by atoms with E-state index in [-0.39, 0.29) is 0 Å². The molecule has 0 amide bonds. The van der Waals surface area contributed by atoms with Gasteiger partial charge >= 0.3 is 0 Å². The highest BCUT2D eigenvalue weighted by atomic mass is 79.9. The van der Waals surface area contributed by atoms with Crippen molar-refractivity contribution in [3.63, 3.8) is 0 Å². The maximum atomic E-state index is 4.50. The monoisotopic (exact) mass is 306 g/mol. The van der Waals surface area contributed by atoms with Crippen LogP contribution in [0.3, 0.4) is 0 Å². The van der Waals surface area contributed by atoms with Gasteiger partial charge in [-0.3, -0.25) is 0 Å². The molecule has 2 aromatic rings. The molecule has 0 spiro atoms. The van der Waals surface area contributed by atoms with Crippen LogP contribution in [-0.2, 0) is 0 Å². The molecule has 3 heteroatoms. The minimum atomic E-state index is 0.508. The number of nitrogens with one attached hydrogen (secondary N) is 1. The van der Waals surface area contributed by atoms with Gasteiger partial charge in [0.05, 0.1) is 11.9 Å². The number of H-pyrrole nitrogens is 1. The maximum Gasteiger partial charge on any atom is 0.109 e. The number of unbranched alkanes of at least 4 members (excludes halogenated alkanes) is 1. The highest BCUT2D eigenvalue weighted by molar-refractivity contribution is 9.10. The van der Waals surface area contributed by atoms with Gasteiger partial charge in [0.2, 0.25) is 0 Å². The second kappa shape index (κ2) is 6.19.